The third kappa shape index (κ3) is 7.29. The van der Waals surface area contributed by atoms with Crippen LogP contribution in [0.15, 0.2) is 0 Å². The molecule has 0 fully saturated rings. The van der Waals surface area contributed by atoms with Crippen LogP contribution in [0, 0.1) is 0 Å². The van der Waals surface area contributed by atoms with Crippen molar-refractivity contribution in [2.24, 2.45) is 0 Å². The Balaban J connectivity index is 3.83. The third-order valence-electron chi connectivity index (χ3n) is 1.92. The fraction of sp³-hybridized carbons (Fsp3) is 0.700. The number of rotatable bonds is 7. The lowest BCUT2D eigenvalue weighted by Gasteiger charge is -2.22. The van der Waals surface area contributed by atoms with Gasteiger partial charge < -0.3 is 21.1 Å². The van der Waals surface area contributed by atoms with Gasteiger partial charge in [0.05, 0.1) is 12.1 Å². The van der Waals surface area contributed by atoms with Gasteiger partial charge in [-0.1, -0.05) is 0 Å². The predicted octanol–water partition coefficient (Wildman–Crippen LogP) is -1.87. The van der Waals surface area contributed by atoms with Crippen molar-refractivity contribution in [3.8, 4) is 0 Å². The number of hydrogen-bond acceptors (Lipinski definition) is 4. The van der Waals surface area contributed by atoms with Gasteiger partial charge in [-0.2, -0.15) is 0 Å². The van der Waals surface area contributed by atoms with Gasteiger partial charge >= 0.3 is 11.8 Å². The summed E-state index contributed by atoms with van der Waals surface area (Å²) in [4.78, 5) is 32.5. The molecule has 0 rings (SSSR count). The van der Waals surface area contributed by atoms with Gasteiger partial charge in [-0.05, 0) is 20.3 Å². The van der Waals surface area contributed by atoms with Crippen LogP contribution in [0.5, 0.6) is 0 Å². The number of carbonyl (C=O) groups is 3. The molecule has 0 aromatic carbocycles. The van der Waals surface area contributed by atoms with E-state index in [1.807, 2.05) is 0 Å². The lowest BCUT2D eigenvalue weighted by molar-refractivity contribution is -0.140. The summed E-state index contributed by atoms with van der Waals surface area (Å²) in [6.45, 7) is 3.69. The first-order valence-electron chi connectivity index (χ1n) is 5.31. The van der Waals surface area contributed by atoms with Crippen LogP contribution >= 0.6 is 0 Å². The number of hydrogen-bond donors (Lipinski definition) is 4. The number of aliphatic hydroxyl groups is 1. The Kier molecular flexibility index (Phi) is 6.88. The zero-order valence-corrected chi connectivity index (χ0v) is 10.1. The Labute approximate surface area is 100.0 Å². The highest BCUT2D eigenvalue weighted by Crippen LogP contribution is 1.98. The third-order valence-corrected chi connectivity index (χ3v) is 1.92. The number of carbonyl (C=O) groups excluding carboxylic acids is 3. The molecule has 0 saturated heterocycles. The molecule has 17 heavy (non-hydrogen) atoms. The highest BCUT2D eigenvalue weighted by atomic mass is 16.3. The van der Waals surface area contributed by atoms with E-state index >= 15 is 0 Å². The summed E-state index contributed by atoms with van der Waals surface area (Å²) >= 11 is 0. The van der Waals surface area contributed by atoms with Gasteiger partial charge in [0.1, 0.15) is 0 Å². The molecule has 0 aliphatic carbocycles. The number of nitrogens with one attached hydrogen (secondary N) is 3. The van der Waals surface area contributed by atoms with Crippen molar-refractivity contribution in [3.63, 3.8) is 0 Å². The maximum absolute atomic E-state index is 11.3. The summed E-state index contributed by atoms with van der Waals surface area (Å²) in [5.74, 6) is -1.54. The van der Waals surface area contributed by atoms with E-state index in [0.29, 0.717) is 25.9 Å². The van der Waals surface area contributed by atoms with Gasteiger partial charge in [0.25, 0.3) is 0 Å². The molecule has 0 radical (unpaired) electrons. The van der Waals surface area contributed by atoms with E-state index in [4.69, 9.17) is 5.11 Å². The molecule has 7 heteroatoms. The zero-order chi connectivity index (χ0) is 13.3. The Bertz CT molecular complexity index is 279. The van der Waals surface area contributed by atoms with Gasteiger partial charge in [0.2, 0.25) is 6.41 Å². The summed E-state index contributed by atoms with van der Waals surface area (Å²) in [7, 11) is 0. The van der Waals surface area contributed by atoms with E-state index < -0.39 is 17.4 Å². The molecule has 0 aromatic heterocycles. The average molecular weight is 245 g/mol. The Hall–Kier alpha value is -1.63. The fourth-order valence-corrected chi connectivity index (χ4v) is 0.935. The van der Waals surface area contributed by atoms with Crippen molar-refractivity contribution in [2.45, 2.75) is 25.8 Å². The number of amides is 3. The highest BCUT2D eigenvalue weighted by Gasteiger charge is 2.23. The van der Waals surface area contributed by atoms with E-state index in [1.165, 1.54) is 0 Å². The lowest BCUT2D eigenvalue weighted by Crippen LogP contribution is -2.51. The van der Waals surface area contributed by atoms with Crippen molar-refractivity contribution >= 4 is 18.2 Å². The smallest absolute Gasteiger partial charge is 0.309 e. The molecule has 0 spiro atoms. The van der Waals surface area contributed by atoms with Crippen LogP contribution in [0.25, 0.3) is 0 Å². The molecule has 98 valence electrons. The molecule has 0 bridgehead atoms. The molecule has 0 saturated carbocycles. The first-order chi connectivity index (χ1) is 7.93. The van der Waals surface area contributed by atoms with E-state index in [9.17, 15) is 14.4 Å². The molecule has 0 aliphatic rings. The van der Waals surface area contributed by atoms with Gasteiger partial charge in [-0.3, -0.25) is 14.4 Å². The van der Waals surface area contributed by atoms with Crippen molar-refractivity contribution in [1.82, 2.24) is 16.0 Å². The van der Waals surface area contributed by atoms with Crippen molar-refractivity contribution < 1.29 is 19.5 Å². The SMILES string of the molecule is CC(C)(CO)NC(=O)C(=O)NCCCNC=O. The molecule has 0 atom stereocenters. The van der Waals surface area contributed by atoms with Crippen LogP contribution in [-0.2, 0) is 14.4 Å². The topological polar surface area (TPSA) is 108 Å². The standard InChI is InChI=1S/C10H19N3O4/c1-10(2,6-14)13-9(17)8(16)12-5-3-4-11-7-15/h7,14H,3-6H2,1-2H3,(H,11,15)(H,12,16)(H,13,17). The van der Waals surface area contributed by atoms with E-state index in [0.717, 1.165) is 0 Å². The normalized spacial score (nSPS) is 10.5. The maximum Gasteiger partial charge on any atom is 0.309 e. The quantitative estimate of drug-likeness (QED) is 0.239. The van der Waals surface area contributed by atoms with Gasteiger partial charge in [-0.15, -0.1) is 0 Å². The van der Waals surface area contributed by atoms with E-state index in [-0.39, 0.29) is 6.61 Å². The molecule has 3 amide bonds. The van der Waals surface area contributed by atoms with Crippen LogP contribution in [0.4, 0.5) is 0 Å². The Morgan fingerprint density at radius 3 is 2.41 bits per heavy atom. The second-order valence-corrected chi connectivity index (χ2v) is 4.18. The second-order valence-electron chi connectivity index (χ2n) is 4.18. The van der Waals surface area contributed by atoms with Gasteiger partial charge in [-0.25, -0.2) is 0 Å². The van der Waals surface area contributed by atoms with Crippen molar-refractivity contribution in [2.75, 3.05) is 19.7 Å². The molecule has 7 nitrogen and oxygen atoms in total. The summed E-state index contributed by atoms with van der Waals surface area (Å²) < 4.78 is 0. The Morgan fingerprint density at radius 2 is 1.88 bits per heavy atom. The largest absolute Gasteiger partial charge is 0.394 e. The Morgan fingerprint density at radius 1 is 1.24 bits per heavy atom. The van der Waals surface area contributed by atoms with Gasteiger partial charge in [0.15, 0.2) is 0 Å². The van der Waals surface area contributed by atoms with Crippen LogP contribution in [0.2, 0.25) is 0 Å². The molecule has 0 aliphatic heterocycles. The zero-order valence-electron chi connectivity index (χ0n) is 10.1. The fourth-order valence-electron chi connectivity index (χ4n) is 0.935. The molecule has 4 N–H and O–H groups in total. The van der Waals surface area contributed by atoms with Crippen LogP contribution < -0.4 is 16.0 Å². The minimum Gasteiger partial charge on any atom is -0.394 e. The van der Waals surface area contributed by atoms with Crippen LogP contribution in [0.1, 0.15) is 20.3 Å². The van der Waals surface area contributed by atoms with Crippen LogP contribution in [0.3, 0.4) is 0 Å². The summed E-state index contributed by atoms with van der Waals surface area (Å²) in [5, 5.41) is 16.1. The summed E-state index contributed by atoms with van der Waals surface area (Å²) in [5.41, 5.74) is -0.826. The predicted molar refractivity (Wildman–Crippen MR) is 61.0 cm³/mol. The molecule has 0 unspecified atom stereocenters. The van der Waals surface area contributed by atoms with Gasteiger partial charge in [0, 0.05) is 13.1 Å². The molecular formula is C10H19N3O4. The summed E-state index contributed by atoms with van der Waals surface area (Å²) in [6, 6.07) is 0. The number of aliphatic hydroxyl groups excluding tert-OH is 1. The monoisotopic (exact) mass is 245 g/mol. The summed E-state index contributed by atoms with van der Waals surface area (Å²) in [6.07, 6.45) is 1.11. The molecular weight excluding hydrogens is 226 g/mol. The van der Waals surface area contributed by atoms with Crippen molar-refractivity contribution in [1.29, 1.82) is 0 Å². The highest BCUT2D eigenvalue weighted by molar-refractivity contribution is 6.35. The maximum atomic E-state index is 11.3. The molecule has 0 aromatic rings. The van der Waals surface area contributed by atoms with E-state index in [2.05, 4.69) is 16.0 Å². The minimum atomic E-state index is -0.826. The van der Waals surface area contributed by atoms with Crippen LogP contribution in [-0.4, -0.2) is 48.6 Å². The average Bonchev–Trinajstić information content (AvgIpc) is 2.28. The minimum absolute atomic E-state index is 0.255. The van der Waals surface area contributed by atoms with E-state index in [1.54, 1.807) is 13.8 Å². The van der Waals surface area contributed by atoms with Crippen molar-refractivity contribution in [3.05, 3.63) is 0 Å². The first kappa shape index (κ1) is 15.4. The first-order valence-corrected chi connectivity index (χ1v) is 5.31. The lowest BCUT2D eigenvalue weighted by atomic mass is 10.1. The second kappa shape index (κ2) is 7.61. The molecule has 0 heterocycles.